The molecule has 1 aliphatic heterocycles. The molecule has 0 aliphatic carbocycles. The van der Waals surface area contributed by atoms with Crippen LogP contribution in [-0.4, -0.2) is 19.0 Å². The molecule has 3 aromatic rings. The third kappa shape index (κ3) is 4.67. The van der Waals surface area contributed by atoms with Crippen LogP contribution in [0.3, 0.4) is 0 Å². The lowest BCUT2D eigenvalue weighted by atomic mass is 10.2. The molecule has 2 heterocycles. The van der Waals surface area contributed by atoms with Crippen LogP contribution in [0.25, 0.3) is 0 Å². The zero-order valence-electron chi connectivity index (χ0n) is 16.1. The number of carbonyl (C=O) groups excluding carboxylic acids is 1. The standard InChI is InChI=1S/C24H21FN2O2/c1-17-13-14-27(16-17)21-8-6-20(7-9-21)26-24(28)23-12-11-22(29-23)10-5-18-3-2-4-19(25)15-18/h2-4,6-9,11-12,15,17H,13-14,16H2,1H3,(H,26,28). The molecule has 146 valence electrons. The van der Waals surface area contributed by atoms with Crippen molar-refractivity contribution < 1.29 is 13.6 Å². The summed E-state index contributed by atoms with van der Waals surface area (Å²) in [6.07, 6.45) is 1.21. The van der Waals surface area contributed by atoms with E-state index < -0.39 is 0 Å². The Bertz CT molecular complexity index is 1080. The highest BCUT2D eigenvalue weighted by molar-refractivity contribution is 6.02. The molecule has 1 N–H and O–H groups in total. The van der Waals surface area contributed by atoms with Crippen molar-refractivity contribution in [3.63, 3.8) is 0 Å². The number of rotatable bonds is 3. The molecule has 4 rings (SSSR count). The molecule has 1 aliphatic rings. The van der Waals surface area contributed by atoms with Crippen LogP contribution in [0.2, 0.25) is 0 Å². The van der Waals surface area contributed by atoms with Crippen molar-refractivity contribution in [1.82, 2.24) is 0 Å². The van der Waals surface area contributed by atoms with Gasteiger partial charge in [-0.2, -0.15) is 0 Å². The summed E-state index contributed by atoms with van der Waals surface area (Å²) < 4.78 is 18.7. The lowest BCUT2D eigenvalue weighted by molar-refractivity contribution is 0.0996. The molecule has 2 aromatic carbocycles. The molecule has 1 atom stereocenters. The summed E-state index contributed by atoms with van der Waals surface area (Å²) in [5.74, 6) is 6.17. The van der Waals surface area contributed by atoms with E-state index >= 15 is 0 Å². The van der Waals surface area contributed by atoms with Crippen LogP contribution >= 0.6 is 0 Å². The van der Waals surface area contributed by atoms with E-state index in [0.717, 1.165) is 13.1 Å². The smallest absolute Gasteiger partial charge is 0.291 e. The van der Waals surface area contributed by atoms with E-state index in [1.165, 1.54) is 24.2 Å². The van der Waals surface area contributed by atoms with Crippen molar-refractivity contribution in [3.8, 4) is 11.8 Å². The summed E-state index contributed by atoms with van der Waals surface area (Å²) in [6, 6.07) is 17.0. The highest BCUT2D eigenvalue weighted by Gasteiger charge is 2.19. The van der Waals surface area contributed by atoms with Gasteiger partial charge in [0.15, 0.2) is 11.5 Å². The number of benzene rings is 2. The number of nitrogens with one attached hydrogen (secondary N) is 1. The molecule has 1 aromatic heterocycles. The summed E-state index contributed by atoms with van der Waals surface area (Å²) in [4.78, 5) is 14.8. The van der Waals surface area contributed by atoms with Gasteiger partial charge in [-0.15, -0.1) is 0 Å². The van der Waals surface area contributed by atoms with Gasteiger partial charge in [0.25, 0.3) is 5.91 Å². The van der Waals surface area contributed by atoms with Crippen molar-refractivity contribution in [2.24, 2.45) is 5.92 Å². The highest BCUT2D eigenvalue weighted by Crippen LogP contribution is 2.25. The molecule has 29 heavy (non-hydrogen) atoms. The van der Waals surface area contributed by atoms with E-state index in [9.17, 15) is 9.18 Å². The van der Waals surface area contributed by atoms with Crippen LogP contribution in [0, 0.1) is 23.6 Å². The van der Waals surface area contributed by atoms with Crippen molar-refractivity contribution >= 4 is 17.3 Å². The molecule has 4 nitrogen and oxygen atoms in total. The van der Waals surface area contributed by atoms with Gasteiger partial charge < -0.3 is 14.6 Å². The number of hydrogen-bond acceptors (Lipinski definition) is 3. The Hall–Kier alpha value is -3.52. The second-order valence-electron chi connectivity index (χ2n) is 7.27. The van der Waals surface area contributed by atoms with E-state index in [1.807, 2.05) is 24.3 Å². The highest BCUT2D eigenvalue weighted by atomic mass is 19.1. The van der Waals surface area contributed by atoms with E-state index in [-0.39, 0.29) is 17.5 Å². The Morgan fingerprint density at radius 1 is 1.14 bits per heavy atom. The van der Waals surface area contributed by atoms with Crippen molar-refractivity contribution in [2.45, 2.75) is 13.3 Å². The molecule has 0 bridgehead atoms. The summed E-state index contributed by atoms with van der Waals surface area (Å²) in [5, 5.41) is 2.83. The molecule has 0 saturated carbocycles. The Morgan fingerprint density at radius 3 is 2.69 bits per heavy atom. The lowest BCUT2D eigenvalue weighted by Gasteiger charge is -2.18. The maximum absolute atomic E-state index is 13.2. The minimum absolute atomic E-state index is 0.172. The molecular formula is C24H21FN2O2. The van der Waals surface area contributed by atoms with Gasteiger partial charge in [-0.1, -0.05) is 18.9 Å². The van der Waals surface area contributed by atoms with Gasteiger partial charge in [-0.3, -0.25) is 4.79 Å². The number of carbonyl (C=O) groups is 1. The number of anilines is 2. The molecule has 0 radical (unpaired) electrons. The molecule has 1 unspecified atom stereocenters. The zero-order chi connectivity index (χ0) is 20.2. The average Bonchev–Trinajstić information content (AvgIpc) is 3.36. The van der Waals surface area contributed by atoms with Crippen LogP contribution in [0.1, 0.15) is 35.2 Å². The van der Waals surface area contributed by atoms with Gasteiger partial charge in [0, 0.05) is 30.0 Å². The van der Waals surface area contributed by atoms with Gasteiger partial charge >= 0.3 is 0 Å². The first kappa shape index (κ1) is 18.8. The molecular weight excluding hydrogens is 367 g/mol. The molecule has 1 fully saturated rings. The molecule has 1 saturated heterocycles. The van der Waals surface area contributed by atoms with Gasteiger partial charge in [0.2, 0.25) is 0 Å². The second kappa shape index (κ2) is 8.24. The van der Waals surface area contributed by atoms with Crippen LogP contribution in [-0.2, 0) is 0 Å². The predicted molar refractivity (Wildman–Crippen MR) is 111 cm³/mol. The van der Waals surface area contributed by atoms with Gasteiger partial charge in [0.1, 0.15) is 5.82 Å². The largest absolute Gasteiger partial charge is 0.443 e. The first-order chi connectivity index (χ1) is 14.1. The summed E-state index contributed by atoms with van der Waals surface area (Å²) >= 11 is 0. The van der Waals surface area contributed by atoms with Crippen molar-refractivity contribution in [3.05, 3.63) is 83.6 Å². The number of amides is 1. The van der Waals surface area contributed by atoms with Gasteiger partial charge in [-0.05, 0) is 72.9 Å². The zero-order valence-corrected chi connectivity index (χ0v) is 16.1. The molecule has 5 heteroatoms. The Labute approximate surface area is 169 Å². The number of halogens is 1. The maximum atomic E-state index is 13.2. The van der Waals surface area contributed by atoms with Gasteiger partial charge in [-0.25, -0.2) is 4.39 Å². The number of hydrogen-bond donors (Lipinski definition) is 1. The minimum Gasteiger partial charge on any atom is -0.443 e. The fourth-order valence-corrected chi connectivity index (χ4v) is 3.34. The first-order valence-corrected chi connectivity index (χ1v) is 9.60. The maximum Gasteiger partial charge on any atom is 0.291 e. The minimum atomic E-state index is -0.346. The van der Waals surface area contributed by atoms with Crippen LogP contribution in [0.4, 0.5) is 15.8 Å². The SMILES string of the molecule is CC1CCN(c2ccc(NC(=O)c3ccc(C#Cc4cccc(F)c4)o3)cc2)C1. The van der Waals surface area contributed by atoms with E-state index in [1.54, 1.807) is 24.3 Å². The lowest BCUT2D eigenvalue weighted by Crippen LogP contribution is -2.19. The monoisotopic (exact) mass is 388 g/mol. The van der Waals surface area contributed by atoms with Crippen molar-refractivity contribution in [2.75, 3.05) is 23.3 Å². The van der Waals surface area contributed by atoms with Crippen molar-refractivity contribution in [1.29, 1.82) is 0 Å². The summed E-state index contributed by atoms with van der Waals surface area (Å²) in [6.45, 7) is 4.39. The van der Waals surface area contributed by atoms with Crippen LogP contribution in [0.5, 0.6) is 0 Å². The topological polar surface area (TPSA) is 45.5 Å². The van der Waals surface area contributed by atoms with Crippen LogP contribution < -0.4 is 10.2 Å². The molecule has 1 amide bonds. The van der Waals surface area contributed by atoms with Gasteiger partial charge in [0.05, 0.1) is 0 Å². The van der Waals surface area contributed by atoms with Crippen LogP contribution in [0.15, 0.2) is 65.1 Å². The fraction of sp³-hybridized carbons (Fsp3) is 0.208. The Balaban J connectivity index is 1.39. The predicted octanol–water partition coefficient (Wildman–Crippen LogP) is 4.92. The Morgan fingerprint density at radius 2 is 1.97 bits per heavy atom. The van der Waals surface area contributed by atoms with E-state index in [2.05, 4.69) is 29.0 Å². The summed E-state index contributed by atoms with van der Waals surface area (Å²) in [7, 11) is 0. The third-order valence-corrected chi connectivity index (χ3v) is 4.90. The van der Waals surface area contributed by atoms with E-state index in [4.69, 9.17) is 4.42 Å². The molecule has 0 spiro atoms. The first-order valence-electron chi connectivity index (χ1n) is 9.60. The summed E-state index contributed by atoms with van der Waals surface area (Å²) in [5.41, 5.74) is 2.41. The second-order valence-corrected chi connectivity index (χ2v) is 7.27. The third-order valence-electron chi connectivity index (χ3n) is 4.90. The normalized spacial score (nSPS) is 15.7. The number of furan rings is 1. The fourth-order valence-electron chi connectivity index (χ4n) is 3.34. The number of nitrogens with zero attached hydrogens (tertiary/aromatic N) is 1. The average molecular weight is 388 g/mol. The Kier molecular flexibility index (Phi) is 5.35. The quantitative estimate of drug-likeness (QED) is 0.648. The van der Waals surface area contributed by atoms with E-state index in [0.29, 0.717) is 22.9 Å².